The molecule has 0 fully saturated rings. The smallest absolute Gasteiger partial charge is 0.179 e. The first-order valence-corrected chi connectivity index (χ1v) is 6.11. The van der Waals surface area contributed by atoms with E-state index in [0.29, 0.717) is 5.02 Å². The van der Waals surface area contributed by atoms with Gasteiger partial charge in [0.1, 0.15) is 5.82 Å². The molecule has 3 rings (SSSR count). The second-order valence-corrected chi connectivity index (χ2v) is 4.86. The van der Waals surface area contributed by atoms with Gasteiger partial charge in [-0.15, -0.1) is 21.5 Å². The fraction of sp³-hybridized carbons (Fsp3) is 0.0909. The van der Waals surface area contributed by atoms with E-state index in [1.54, 1.807) is 11.3 Å². The second kappa shape index (κ2) is 3.88. The minimum atomic E-state index is 0.632. The Morgan fingerprint density at radius 3 is 3.00 bits per heavy atom. The Balaban J connectivity index is 2.08. The number of hydrogen-bond donors (Lipinski definition) is 0. The summed E-state index contributed by atoms with van der Waals surface area (Å²) in [6.07, 6.45) is 2.73. The SMILES string of the molecule is Clc1cccn2c(Cc3cccs3)nnc12. The Morgan fingerprint density at radius 2 is 2.19 bits per heavy atom. The van der Waals surface area contributed by atoms with Crippen LogP contribution in [0.1, 0.15) is 10.7 Å². The first-order chi connectivity index (χ1) is 7.84. The molecule has 0 aliphatic carbocycles. The van der Waals surface area contributed by atoms with Crippen LogP contribution in [0.2, 0.25) is 5.02 Å². The maximum atomic E-state index is 6.03. The van der Waals surface area contributed by atoms with Crippen molar-refractivity contribution in [2.24, 2.45) is 0 Å². The minimum absolute atomic E-state index is 0.632. The average molecular weight is 250 g/mol. The minimum Gasteiger partial charge on any atom is -0.285 e. The maximum Gasteiger partial charge on any atom is 0.179 e. The monoisotopic (exact) mass is 249 g/mol. The van der Waals surface area contributed by atoms with Gasteiger partial charge in [0.05, 0.1) is 5.02 Å². The predicted octanol–water partition coefficient (Wildman–Crippen LogP) is 3.04. The van der Waals surface area contributed by atoms with Crippen molar-refractivity contribution in [2.75, 3.05) is 0 Å². The van der Waals surface area contributed by atoms with Gasteiger partial charge in [-0.05, 0) is 23.6 Å². The lowest BCUT2D eigenvalue weighted by molar-refractivity contribution is 0.945. The molecule has 3 aromatic heterocycles. The fourth-order valence-electron chi connectivity index (χ4n) is 1.62. The standard InChI is InChI=1S/C11H8ClN3S/c12-9-4-1-5-15-10(13-14-11(9)15)7-8-3-2-6-16-8/h1-6H,7H2. The largest absolute Gasteiger partial charge is 0.285 e. The zero-order valence-electron chi connectivity index (χ0n) is 8.30. The van der Waals surface area contributed by atoms with Crippen LogP contribution in [0, 0.1) is 0 Å². The van der Waals surface area contributed by atoms with Crippen molar-refractivity contribution in [1.29, 1.82) is 0 Å². The van der Waals surface area contributed by atoms with E-state index in [-0.39, 0.29) is 0 Å². The van der Waals surface area contributed by atoms with Crippen molar-refractivity contribution in [3.05, 3.63) is 51.6 Å². The molecule has 0 atom stereocenters. The van der Waals surface area contributed by atoms with E-state index < -0.39 is 0 Å². The fourth-order valence-corrected chi connectivity index (χ4v) is 2.52. The normalized spacial score (nSPS) is 11.1. The van der Waals surface area contributed by atoms with Gasteiger partial charge in [0.2, 0.25) is 0 Å². The van der Waals surface area contributed by atoms with E-state index in [4.69, 9.17) is 11.6 Å². The lowest BCUT2D eigenvalue weighted by atomic mass is 10.3. The molecular weight excluding hydrogens is 242 g/mol. The van der Waals surface area contributed by atoms with E-state index in [9.17, 15) is 0 Å². The molecule has 0 amide bonds. The van der Waals surface area contributed by atoms with Crippen molar-refractivity contribution >= 4 is 28.6 Å². The molecule has 0 bridgehead atoms. The van der Waals surface area contributed by atoms with E-state index in [1.807, 2.05) is 28.8 Å². The molecule has 3 heterocycles. The molecule has 0 aliphatic heterocycles. The first-order valence-electron chi connectivity index (χ1n) is 4.85. The molecule has 80 valence electrons. The van der Waals surface area contributed by atoms with Gasteiger partial charge in [-0.25, -0.2) is 0 Å². The molecule has 3 aromatic rings. The summed E-state index contributed by atoms with van der Waals surface area (Å²) in [6.45, 7) is 0. The van der Waals surface area contributed by atoms with Crippen LogP contribution in [0.5, 0.6) is 0 Å². The highest BCUT2D eigenvalue weighted by Crippen LogP contribution is 2.18. The number of nitrogens with zero attached hydrogens (tertiary/aromatic N) is 3. The third-order valence-corrected chi connectivity index (χ3v) is 3.54. The first kappa shape index (κ1) is 9.81. The molecule has 0 saturated carbocycles. The molecular formula is C11H8ClN3S. The summed E-state index contributed by atoms with van der Waals surface area (Å²) in [4.78, 5) is 1.27. The average Bonchev–Trinajstić information content (AvgIpc) is 2.90. The molecule has 0 saturated heterocycles. The highest BCUT2D eigenvalue weighted by Gasteiger charge is 2.08. The lowest BCUT2D eigenvalue weighted by Gasteiger charge is -1.98. The summed E-state index contributed by atoms with van der Waals surface area (Å²) in [5.41, 5.74) is 0.718. The third-order valence-electron chi connectivity index (χ3n) is 2.37. The third kappa shape index (κ3) is 1.60. The summed E-state index contributed by atoms with van der Waals surface area (Å²) in [6, 6.07) is 7.85. The van der Waals surface area contributed by atoms with Gasteiger partial charge in [0.25, 0.3) is 0 Å². The number of hydrogen-bond acceptors (Lipinski definition) is 3. The van der Waals surface area contributed by atoms with Crippen LogP contribution in [0.3, 0.4) is 0 Å². The van der Waals surface area contributed by atoms with Gasteiger partial charge in [-0.2, -0.15) is 0 Å². The van der Waals surface area contributed by atoms with Crippen molar-refractivity contribution in [1.82, 2.24) is 14.6 Å². The van der Waals surface area contributed by atoms with E-state index in [0.717, 1.165) is 17.9 Å². The van der Waals surface area contributed by atoms with Gasteiger partial charge < -0.3 is 0 Å². The van der Waals surface area contributed by atoms with Crippen molar-refractivity contribution in [2.45, 2.75) is 6.42 Å². The quantitative estimate of drug-likeness (QED) is 0.699. The molecule has 0 aromatic carbocycles. The number of fused-ring (bicyclic) bond motifs is 1. The molecule has 0 spiro atoms. The summed E-state index contributed by atoms with van der Waals surface area (Å²) in [7, 11) is 0. The highest BCUT2D eigenvalue weighted by molar-refractivity contribution is 7.09. The van der Waals surface area contributed by atoms with E-state index in [1.165, 1.54) is 4.88 Å². The number of thiophene rings is 1. The Kier molecular flexibility index (Phi) is 2.38. The number of pyridine rings is 1. The second-order valence-electron chi connectivity index (χ2n) is 3.42. The number of halogens is 1. The number of aromatic nitrogens is 3. The van der Waals surface area contributed by atoms with Gasteiger partial charge in [-0.3, -0.25) is 4.40 Å². The zero-order valence-corrected chi connectivity index (χ0v) is 9.87. The molecule has 5 heteroatoms. The van der Waals surface area contributed by atoms with Gasteiger partial charge in [0.15, 0.2) is 5.65 Å². The Morgan fingerprint density at radius 1 is 1.25 bits per heavy atom. The van der Waals surface area contributed by atoms with Crippen LogP contribution >= 0.6 is 22.9 Å². The topological polar surface area (TPSA) is 30.2 Å². The van der Waals surface area contributed by atoms with Crippen LogP contribution in [-0.4, -0.2) is 14.6 Å². The molecule has 16 heavy (non-hydrogen) atoms. The Hall–Kier alpha value is -1.39. The molecule has 0 N–H and O–H groups in total. The van der Waals surface area contributed by atoms with Crippen LogP contribution in [0.4, 0.5) is 0 Å². The Bertz CT molecular complexity index is 615. The van der Waals surface area contributed by atoms with Crippen molar-refractivity contribution in [3.63, 3.8) is 0 Å². The predicted molar refractivity (Wildman–Crippen MR) is 65.1 cm³/mol. The van der Waals surface area contributed by atoms with Crippen LogP contribution in [-0.2, 0) is 6.42 Å². The molecule has 0 unspecified atom stereocenters. The van der Waals surface area contributed by atoms with Crippen LogP contribution in [0.15, 0.2) is 35.8 Å². The lowest BCUT2D eigenvalue weighted by Crippen LogP contribution is -1.94. The number of rotatable bonds is 2. The summed E-state index contributed by atoms with van der Waals surface area (Å²) in [5, 5.41) is 10.9. The van der Waals surface area contributed by atoms with Crippen LogP contribution < -0.4 is 0 Å². The Labute approximate surface area is 101 Å². The van der Waals surface area contributed by atoms with Gasteiger partial charge in [0, 0.05) is 17.5 Å². The summed E-state index contributed by atoms with van der Waals surface area (Å²) in [5.74, 6) is 0.917. The van der Waals surface area contributed by atoms with Crippen molar-refractivity contribution < 1.29 is 0 Å². The summed E-state index contributed by atoms with van der Waals surface area (Å²) < 4.78 is 1.93. The zero-order chi connectivity index (χ0) is 11.0. The van der Waals surface area contributed by atoms with E-state index in [2.05, 4.69) is 21.6 Å². The van der Waals surface area contributed by atoms with Crippen molar-refractivity contribution in [3.8, 4) is 0 Å². The molecule has 3 nitrogen and oxygen atoms in total. The van der Waals surface area contributed by atoms with Gasteiger partial charge >= 0.3 is 0 Å². The van der Waals surface area contributed by atoms with Gasteiger partial charge in [-0.1, -0.05) is 17.7 Å². The summed E-state index contributed by atoms with van der Waals surface area (Å²) >= 11 is 7.75. The van der Waals surface area contributed by atoms with E-state index >= 15 is 0 Å². The highest BCUT2D eigenvalue weighted by atomic mass is 35.5. The maximum absolute atomic E-state index is 6.03. The molecule has 0 aliphatic rings. The molecule has 0 radical (unpaired) electrons. The van der Waals surface area contributed by atoms with Crippen LogP contribution in [0.25, 0.3) is 5.65 Å².